The van der Waals surface area contributed by atoms with E-state index in [1.165, 1.54) is 59.2 Å². The summed E-state index contributed by atoms with van der Waals surface area (Å²) in [6.07, 6.45) is 3.84. The van der Waals surface area contributed by atoms with E-state index in [1.54, 1.807) is 14.0 Å². The van der Waals surface area contributed by atoms with E-state index < -0.39 is 22.2 Å². The van der Waals surface area contributed by atoms with Crippen LogP contribution in [-0.4, -0.2) is 84.6 Å². The SMILES string of the molecule is CO[C@H](CN(C)C(=O)c1cnccn1)[C@@H](C)CN([C@H](C)CO)S(=O)(=O)c1ccc(Cl)cc1. The highest BCUT2D eigenvalue weighted by molar-refractivity contribution is 7.89. The molecule has 32 heavy (non-hydrogen) atoms. The second-order valence-corrected chi connectivity index (χ2v) is 9.91. The molecular formula is C21H29ClN4O5S. The van der Waals surface area contributed by atoms with Crippen LogP contribution in [0.3, 0.4) is 0 Å². The molecule has 0 spiro atoms. The smallest absolute Gasteiger partial charge is 0.273 e. The van der Waals surface area contributed by atoms with Gasteiger partial charge < -0.3 is 14.7 Å². The highest BCUT2D eigenvalue weighted by Crippen LogP contribution is 2.23. The number of hydrogen-bond donors (Lipinski definition) is 1. The number of benzene rings is 1. The summed E-state index contributed by atoms with van der Waals surface area (Å²) in [7, 11) is -0.765. The predicted molar refractivity (Wildman–Crippen MR) is 121 cm³/mol. The largest absolute Gasteiger partial charge is 0.395 e. The zero-order valence-corrected chi connectivity index (χ0v) is 20.1. The summed E-state index contributed by atoms with van der Waals surface area (Å²) in [6.45, 7) is 3.42. The van der Waals surface area contributed by atoms with E-state index in [1.807, 2.05) is 6.92 Å². The van der Waals surface area contributed by atoms with Crippen LogP contribution < -0.4 is 0 Å². The van der Waals surface area contributed by atoms with Gasteiger partial charge in [-0.25, -0.2) is 13.4 Å². The first kappa shape index (κ1) is 26.1. The van der Waals surface area contributed by atoms with Gasteiger partial charge in [0, 0.05) is 50.7 Å². The van der Waals surface area contributed by atoms with Crippen LogP contribution in [0.15, 0.2) is 47.8 Å². The molecule has 9 nitrogen and oxygen atoms in total. The van der Waals surface area contributed by atoms with Gasteiger partial charge >= 0.3 is 0 Å². The Labute approximate surface area is 194 Å². The van der Waals surface area contributed by atoms with E-state index in [9.17, 15) is 18.3 Å². The molecule has 0 saturated carbocycles. The summed E-state index contributed by atoms with van der Waals surface area (Å²) < 4.78 is 33.3. The number of rotatable bonds is 11. The Balaban J connectivity index is 2.19. The number of likely N-dealkylation sites (N-methyl/N-ethyl adjacent to an activating group) is 1. The lowest BCUT2D eigenvalue weighted by Gasteiger charge is -2.33. The molecule has 2 rings (SSSR count). The van der Waals surface area contributed by atoms with E-state index in [-0.39, 0.29) is 42.1 Å². The van der Waals surface area contributed by atoms with Crippen molar-refractivity contribution >= 4 is 27.5 Å². The summed E-state index contributed by atoms with van der Waals surface area (Å²) in [5.41, 5.74) is 0.207. The number of nitrogens with zero attached hydrogens (tertiary/aromatic N) is 4. The van der Waals surface area contributed by atoms with E-state index >= 15 is 0 Å². The fourth-order valence-corrected chi connectivity index (χ4v) is 5.04. The highest BCUT2D eigenvalue weighted by atomic mass is 35.5. The van der Waals surface area contributed by atoms with Gasteiger partial charge in [0.1, 0.15) is 5.69 Å². The Morgan fingerprint density at radius 1 is 1.19 bits per heavy atom. The first-order valence-corrected chi connectivity index (χ1v) is 11.9. The Morgan fingerprint density at radius 2 is 1.84 bits per heavy atom. The zero-order valence-electron chi connectivity index (χ0n) is 18.6. The van der Waals surface area contributed by atoms with Gasteiger partial charge in [-0.15, -0.1) is 0 Å². The summed E-state index contributed by atoms with van der Waals surface area (Å²) in [5.74, 6) is -0.616. The third-order valence-corrected chi connectivity index (χ3v) is 7.41. The van der Waals surface area contributed by atoms with Gasteiger partial charge in [-0.05, 0) is 37.1 Å². The molecule has 0 aliphatic carbocycles. The Kier molecular flexibility index (Phi) is 9.53. The standard InChI is InChI=1S/C21H29ClN4O5S/c1-15(20(31-4)13-25(3)21(28)19-11-23-9-10-24-19)12-26(16(2)14-27)32(29,30)18-7-5-17(22)6-8-18/h5-11,15-16,20,27H,12-14H2,1-4H3/t15-,16+,20+/m0/s1. The minimum atomic E-state index is -3.89. The van der Waals surface area contributed by atoms with Gasteiger partial charge in [0.2, 0.25) is 10.0 Å². The first-order chi connectivity index (χ1) is 15.1. The molecule has 176 valence electrons. The van der Waals surface area contributed by atoms with Crippen molar-refractivity contribution in [3.8, 4) is 0 Å². The van der Waals surface area contributed by atoms with Crippen LogP contribution >= 0.6 is 11.6 Å². The number of methoxy groups -OCH3 is 1. The number of aromatic nitrogens is 2. The number of ether oxygens (including phenoxy) is 1. The molecule has 1 aromatic heterocycles. The number of amides is 1. The van der Waals surface area contributed by atoms with Gasteiger partial charge in [0.15, 0.2) is 0 Å². The molecule has 1 heterocycles. The fraction of sp³-hybridized carbons (Fsp3) is 0.476. The number of sulfonamides is 1. The molecule has 2 aromatic rings. The maximum absolute atomic E-state index is 13.3. The maximum Gasteiger partial charge on any atom is 0.273 e. The first-order valence-electron chi connectivity index (χ1n) is 10.0. The van der Waals surface area contributed by atoms with Gasteiger partial charge in [-0.1, -0.05) is 18.5 Å². The van der Waals surface area contributed by atoms with E-state index in [0.717, 1.165) is 0 Å². The number of hydrogen-bond acceptors (Lipinski definition) is 7. The molecule has 0 radical (unpaired) electrons. The quantitative estimate of drug-likeness (QED) is 0.518. The molecule has 0 unspecified atom stereocenters. The third-order valence-electron chi connectivity index (χ3n) is 5.16. The number of aliphatic hydroxyl groups excluding tert-OH is 1. The molecule has 0 aliphatic rings. The van der Waals surface area contributed by atoms with Crippen LogP contribution in [0.1, 0.15) is 24.3 Å². The molecular weight excluding hydrogens is 456 g/mol. The Hall–Kier alpha value is -2.11. The lowest BCUT2D eigenvalue weighted by Crippen LogP contribution is -2.47. The molecule has 1 N–H and O–H groups in total. The van der Waals surface area contributed by atoms with Crippen molar-refractivity contribution < 1.29 is 23.1 Å². The molecule has 0 saturated heterocycles. The second kappa shape index (κ2) is 11.7. The van der Waals surface area contributed by atoms with Crippen LogP contribution in [0.5, 0.6) is 0 Å². The van der Waals surface area contributed by atoms with Crippen molar-refractivity contribution in [1.82, 2.24) is 19.2 Å². The van der Waals surface area contributed by atoms with Crippen molar-refractivity contribution in [2.75, 3.05) is 33.9 Å². The Morgan fingerprint density at radius 3 is 2.38 bits per heavy atom. The van der Waals surface area contributed by atoms with E-state index in [2.05, 4.69) is 9.97 Å². The number of halogens is 1. The second-order valence-electron chi connectivity index (χ2n) is 7.59. The van der Waals surface area contributed by atoms with Crippen molar-refractivity contribution in [2.24, 2.45) is 5.92 Å². The molecule has 3 atom stereocenters. The normalized spacial score (nSPS) is 14.7. The predicted octanol–water partition coefficient (Wildman–Crippen LogP) is 1.92. The van der Waals surface area contributed by atoms with Crippen molar-refractivity contribution in [3.05, 3.63) is 53.6 Å². The van der Waals surface area contributed by atoms with Gasteiger partial charge in [-0.2, -0.15) is 4.31 Å². The van der Waals surface area contributed by atoms with Gasteiger partial charge in [-0.3, -0.25) is 9.78 Å². The maximum atomic E-state index is 13.3. The summed E-state index contributed by atoms with van der Waals surface area (Å²) in [5, 5.41) is 10.1. The number of aliphatic hydroxyl groups is 1. The molecule has 1 aromatic carbocycles. The summed E-state index contributed by atoms with van der Waals surface area (Å²) >= 11 is 5.89. The minimum absolute atomic E-state index is 0.0817. The lowest BCUT2D eigenvalue weighted by atomic mass is 10.0. The molecule has 0 fully saturated rings. The fourth-order valence-electron chi connectivity index (χ4n) is 3.19. The summed E-state index contributed by atoms with van der Waals surface area (Å²) in [4.78, 5) is 22.0. The van der Waals surface area contributed by atoms with E-state index in [0.29, 0.717) is 5.02 Å². The molecule has 0 bridgehead atoms. The molecule has 11 heteroatoms. The molecule has 1 amide bonds. The van der Waals surface area contributed by atoms with Crippen LogP contribution in [0.4, 0.5) is 0 Å². The Bertz CT molecular complexity index is 975. The van der Waals surface area contributed by atoms with Crippen LogP contribution in [0.2, 0.25) is 5.02 Å². The molecule has 0 aliphatic heterocycles. The monoisotopic (exact) mass is 484 g/mol. The number of carbonyl (C=O) groups excluding carboxylic acids is 1. The average molecular weight is 485 g/mol. The highest BCUT2D eigenvalue weighted by Gasteiger charge is 2.33. The third kappa shape index (κ3) is 6.46. The summed E-state index contributed by atoms with van der Waals surface area (Å²) in [6, 6.07) is 5.21. The van der Waals surface area contributed by atoms with Crippen LogP contribution in [0, 0.1) is 5.92 Å². The van der Waals surface area contributed by atoms with Gasteiger partial charge in [0.25, 0.3) is 5.91 Å². The average Bonchev–Trinajstić information content (AvgIpc) is 2.80. The van der Waals surface area contributed by atoms with Crippen molar-refractivity contribution in [1.29, 1.82) is 0 Å². The topological polar surface area (TPSA) is 113 Å². The van der Waals surface area contributed by atoms with Crippen LogP contribution in [-0.2, 0) is 14.8 Å². The number of carbonyl (C=O) groups is 1. The van der Waals surface area contributed by atoms with Gasteiger partial charge in [0.05, 0.1) is 23.8 Å². The zero-order chi connectivity index (χ0) is 23.9. The lowest BCUT2D eigenvalue weighted by molar-refractivity contribution is 0.0219. The van der Waals surface area contributed by atoms with Crippen molar-refractivity contribution in [3.63, 3.8) is 0 Å². The van der Waals surface area contributed by atoms with E-state index in [4.69, 9.17) is 16.3 Å². The van der Waals surface area contributed by atoms with Crippen molar-refractivity contribution in [2.45, 2.75) is 30.9 Å². The minimum Gasteiger partial charge on any atom is -0.395 e. The van der Waals surface area contributed by atoms with Crippen LogP contribution in [0.25, 0.3) is 0 Å².